The summed E-state index contributed by atoms with van der Waals surface area (Å²) < 4.78 is 0. The standard InChI is InChI=1S/C29H20ClN3OS/c30-19-14-12-18(13-15-19)27-26-22(21-9-3-4-10-23(21)31-26)16-25-28(34)33(29(35)32(25)27)24-11-5-7-17-6-1-2-8-20(17)24/h1-15,25,27,31H,16H2/t25-,27+/m0/s1. The van der Waals surface area contributed by atoms with Crippen LogP contribution in [0.25, 0.3) is 21.7 Å². The molecule has 2 aliphatic heterocycles. The van der Waals surface area contributed by atoms with Crippen molar-refractivity contribution in [3.63, 3.8) is 0 Å². The van der Waals surface area contributed by atoms with E-state index < -0.39 is 0 Å². The van der Waals surface area contributed by atoms with Crippen molar-refractivity contribution in [3.05, 3.63) is 113 Å². The van der Waals surface area contributed by atoms with E-state index in [0.29, 0.717) is 16.6 Å². The first-order valence-electron chi connectivity index (χ1n) is 11.6. The Labute approximate surface area is 212 Å². The molecule has 5 aromatic rings. The molecular weight excluding hydrogens is 474 g/mol. The molecule has 2 atom stereocenters. The van der Waals surface area contributed by atoms with Crippen LogP contribution in [0.1, 0.15) is 22.9 Å². The maximum atomic E-state index is 14.1. The third-order valence-electron chi connectivity index (χ3n) is 7.24. The fourth-order valence-corrected chi connectivity index (χ4v) is 6.24. The number of aromatic amines is 1. The molecule has 0 radical (unpaired) electrons. The highest BCUT2D eigenvalue weighted by Crippen LogP contribution is 2.45. The van der Waals surface area contributed by atoms with E-state index in [2.05, 4.69) is 34.1 Å². The van der Waals surface area contributed by atoms with Crippen molar-refractivity contribution in [1.82, 2.24) is 9.88 Å². The van der Waals surface area contributed by atoms with E-state index in [4.69, 9.17) is 23.8 Å². The molecule has 0 unspecified atom stereocenters. The van der Waals surface area contributed by atoms with Crippen molar-refractivity contribution < 1.29 is 4.79 Å². The number of hydrogen-bond donors (Lipinski definition) is 1. The van der Waals surface area contributed by atoms with Gasteiger partial charge in [0.25, 0.3) is 5.91 Å². The maximum absolute atomic E-state index is 14.1. The monoisotopic (exact) mass is 493 g/mol. The molecule has 7 rings (SSSR count). The van der Waals surface area contributed by atoms with Gasteiger partial charge in [0, 0.05) is 33.4 Å². The summed E-state index contributed by atoms with van der Waals surface area (Å²) in [6.45, 7) is 0. The lowest BCUT2D eigenvalue weighted by Crippen LogP contribution is -2.44. The Balaban J connectivity index is 1.43. The molecule has 4 nitrogen and oxygen atoms in total. The van der Waals surface area contributed by atoms with Gasteiger partial charge in [-0.3, -0.25) is 9.69 Å². The van der Waals surface area contributed by atoms with Crippen LogP contribution in [0.4, 0.5) is 5.69 Å². The molecule has 2 aliphatic rings. The number of carbonyl (C=O) groups is 1. The molecule has 4 aromatic carbocycles. The van der Waals surface area contributed by atoms with E-state index in [9.17, 15) is 4.79 Å². The first-order valence-corrected chi connectivity index (χ1v) is 12.4. The number of nitrogens with zero attached hydrogens (tertiary/aromatic N) is 2. The van der Waals surface area contributed by atoms with Crippen molar-refractivity contribution in [3.8, 4) is 0 Å². The van der Waals surface area contributed by atoms with Crippen LogP contribution in [-0.4, -0.2) is 26.9 Å². The lowest BCUT2D eigenvalue weighted by molar-refractivity contribution is -0.120. The van der Waals surface area contributed by atoms with Crippen LogP contribution in [-0.2, 0) is 11.2 Å². The number of aromatic nitrogens is 1. The first-order chi connectivity index (χ1) is 17.1. The van der Waals surface area contributed by atoms with Gasteiger partial charge in [-0.25, -0.2) is 0 Å². The van der Waals surface area contributed by atoms with Gasteiger partial charge in [-0.1, -0.05) is 78.3 Å². The summed E-state index contributed by atoms with van der Waals surface area (Å²) in [6.07, 6.45) is 0.601. The Bertz CT molecular complexity index is 1650. The Morgan fingerprint density at radius 1 is 0.857 bits per heavy atom. The van der Waals surface area contributed by atoms with Crippen LogP contribution < -0.4 is 4.90 Å². The van der Waals surface area contributed by atoms with E-state index in [1.807, 2.05) is 66.7 Å². The van der Waals surface area contributed by atoms with Crippen LogP contribution in [0, 0.1) is 0 Å². The van der Waals surface area contributed by atoms with Gasteiger partial charge in [-0.2, -0.15) is 0 Å². The number of nitrogens with one attached hydrogen (secondary N) is 1. The molecule has 35 heavy (non-hydrogen) atoms. The molecule has 3 heterocycles. The van der Waals surface area contributed by atoms with Crippen LogP contribution in [0.2, 0.25) is 5.02 Å². The minimum atomic E-state index is -0.381. The SMILES string of the molecule is O=C1[C@@H]2Cc3c([nH]c4ccccc34)[C@@H](c3ccc(Cl)cc3)N2C(=S)N1c1cccc2ccccc12. The number of carbonyl (C=O) groups excluding carboxylic acids is 1. The molecule has 1 aromatic heterocycles. The third kappa shape index (κ3) is 2.98. The van der Waals surface area contributed by atoms with Gasteiger partial charge in [-0.15, -0.1) is 0 Å². The lowest BCUT2D eigenvalue weighted by atomic mass is 9.89. The normalized spacial score (nSPS) is 19.5. The van der Waals surface area contributed by atoms with Gasteiger partial charge in [-0.05, 0) is 53.0 Å². The number of benzene rings is 4. The average molecular weight is 494 g/mol. The number of H-pyrrole nitrogens is 1. The molecule has 0 saturated carbocycles. The molecule has 0 bridgehead atoms. The molecule has 0 spiro atoms. The van der Waals surface area contributed by atoms with E-state index in [1.165, 1.54) is 5.56 Å². The second-order valence-corrected chi connectivity index (χ2v) is 9.90. The Morgan fingerprint density at radius 2 is 1.57 bits per heavy atom. The second-order valence-electron chi connectivity index (χ2n) is 9.10. The third-order valence-corrected chi connectivity index (χ3v) is 7.89. The summed E-state index contributed by atoms with van der Waals surface area (Å²) in [5.74, 6) is 0.0150. The van der Waals surface area contributed by atoms with E-state index in [1.54, 1.807) is 4.90 Å². The zero-order valence-corrected chi connectivity index (χ0v) is 20.2. The smallest absolute Gasteiger partial charge is 0.256 e. The zero-order chi connectivity index (χ0) is 23.7. The van der Waals surface area contributed by atoms with Gasteiger partial charge in [0.05, 0.1) is 11.7 Å². The van der Waals surface area contributed by atoms with Crippen LogP contribution in [0.5, 0.6) is 0 Å². The topological polar surface area (TPSA) is 39.3 Å². The molecule has 0 aliphatic carbocycles. The minimum Gasteiger partial charge on any atom is -0.356 e. The van der Waals surface area contributed by atoms with Crippen molar-refractivity contribution >= 4 is 62.2 Å². The minimum absolute atomic E-state index is 0.0150. The summed E-state index contributed by atoms with van der Waals surface area (Å²) in [4.78, 5) is 21.6. The molecule has 170 valence electrons. The van der Waals surface area contributed by atoms with E-state index >= 15 is 0 Å². The Morgan fingerprint density at radius 3 is 2.40 bits per heavy atom. The average Bonchev–Trinajstić information content (AvgIpc) is 3.38. The molecule has 6 heteroatoms. The van der Waals surface area contributed by atoms with Gasteiger partial charge in [0.15, 0.2) is 5.11 Å². The number of para-hydroxylation sites is 1. The van der Waals surface area contributed by atoms with Crippen molar-refractivity contribution in [2.24, 2.45) is 0 Å². The predicted molar refractivity (Wildman–Crippen MR) is 145 cm³/mol. The quantitative estimate of drug-likeness (QED) is 0.281. The van der Waals surface area contributed by atoms with E-state index in [0.717, 1.165) is 38.6 Å². The van der Waals surface area contributed by atoms with E-state index in [-0.39, 0.29) is 18.0 Å². The number of anilines is 1. The van der Waals surface area contributed by atoms with Crippen LogP contribution in [0.15, 0.2) is 91.0 Å². The molecular formula is C29H20ClN3OS. The summed E-state index contributed by atoms with van der Waals surface area (Å²) >= 11 is 12.3. The molecule has 1 N–H and O–H groups in total. The van der Waals surface area contributed by atoms with Crippen molar-refractivity contribution in [2.45, 2.75) is 18.5 Å². The van der Waals surface area contributed by atoms with Gasteiger partial charge < -0.3 is 9.88 Å². The van der Waals surface area contributed by atoms with Crippen molar-refractivity contribution in [2.75, 3.05) is 4.90 Å². The number of thiocarbonyl (C=S) groups is 1. The number of hydrogen-bond acceptors (Lipinski definition) is 2. The number of amides is 1. The van der Waals surface area contributed by atoms with Crippen molar-refractivity contribution in [1.29, 1.82) is 0 Å². The number of rotatable bonds is 2. The fourth-order valence-electron chi connectivity index (χ4n) is 5.69. The summed E-state index contributed by atoms with van der Waals surface area (Å²) in [5, 5.41) is 4.45. The molecule has 1 fully saturated rings. The highest BCUT2D eigenvalue weighted by molar-refractivity contribution is 7.80. The number of halogens is 1. The van der Waals surface area contributed by atoms with Crippen LogP contribution >= 0.6 is 23.8 Å². The Kier molecular flexibility index (Phi) is 4.53. The summed E-state index contributed by atoms with van der Waals surface area (Å²) in [6, 6.07) is 29.7. The second kappa shape index (κ2) is 7.67. The highest BCUT2D eigenvalue weighted by Gasteiger charge is 2.51. The molecule has 1 amide bonds. The number of fused-ring (bicyclic) bond motifs is 5. The zero-order valence-electron chi connectivity index (χ0n) is 18.6. The van der Waals surface area contributed by atoms with Crippen LogP contribution in [0.3, 0.4) is 0 Å². The summed E-state index contributed by atoms with van der Waals surface area (Å²) in [5.41, 5.74) is 5.21. The predicted octanol–water partition coefficient (Wildman–Crippen LogP) is 6.62. The fraction of sp³-hybridized carbons (Fsp3) is 0.103. The summed E-state index contributed by atoms with van der Waals surface area (Å²) in [7, 11) is 0. The van der Waals surface area contributed by atoms with Gasteiger partial charge in [0.2, 0.25) is 0 Å². The lowest BCUT2D eigenvalue weighted by Gasteiger charge is -2.37. The maximum Gasteiger partial charge on any atom is 0.256 e. The molecule has 1 saturated heterocycles. The van der Waals surface area contributed by atoms with Gasteiger partial charge in [0.1, 0.15) is 6.04 Å². The first kappa shape index (κ1) is 20.7. The highest BCUT2D eigenvalue weighted by atomic mass is 35.5. The largest absolute Gasteiger partial charge is 0.356 e. The van der Waals surface area contributed by atoms with Gasteiger partial charge >= 0.3 is 0 Å². The Hall–Kier alpha value is -3.67.